The Bertz CT molecular complexity index is 611. The predicted molar refractivity (Wildman–Crippen MR) is 102 cm³/mol. The molecule has 1 aliphatic rings. The van der Waals surface area contributed by atoms with Crippen LogP contribution in [0.2, 0.25) is 18.1 Å². The number of Topliss-reactive ketones (excluding diaryl/α,β-unsaturated/α-hetero) is 1. The van der Waals surface area contributed by atoms with Crippen molar-refractivity contribution in [3.8, 4) is 6.07 Å². The Kier molecular flexibility index (Phi) is 6.36. The molecule has 0 aromatic rings. The fraction of sp³-hybridized carbons (Fsp3) is 0.650. The number of allylic oxidation sites excluding steroid dienone is 1. The normalized spacial score (nSPS) is 30.4. The molecule has 138 valence electrons. The van der Waals surface area contributed by atoms with Crippen molar-refractivity contribution in [2.24, 2.45) is 17.3 Å². The van der Waals surface area contributed by atoms with E-state index in [2.05, 4.69) is 53.1 Å². The van der Waals surface area contributed by atoms with Gasteiger partial charge in [-0.2, -0.15) is 5.26 Å². The minimum absolute atomic E-state index is 0.00507. The summed E-state index contributed by atoms with van der Waals surface area (Å²) in [5, 5.41) is 9.65. The monoisotopic (exact) mass is 361 g/mol. The molecule has 0 bridgehead atoms. The van der Waals surface area contributed by atoms with Gasteiger partial charge in [0.05, 0.1) is 12.2 Å². The SMILES string of the molecule is C=CC(=O)C[C@H]1C[C@H](O[Si](C)(C)C(C)(C)C)[C@@](C)(C=C)C(C#N)C1=O. The molecule has 0 radical (unpaired) electrons. The molecule has 25 heavy (non-hydrogen) atoms. The maximum Gasteiger partial charge on any atom is 0.192 e. The Morgan fingerprint density at radius 1 is 1.44 bits per heavy atom. The third-order valence-electron chi connectivity index (χ3n) is 5.99. The Morgan fingerprint density at radius 2 is 2.00 bits per heavy atom. The number of nitrogens with zero attached hydrogens (tertiary/aromatic N) is 1. The molecule has 0 heterocycles. The summed E-state index contributed by atoms with van der Waals surface area (Å²) in [5.74, 6) is -1.72. The molecule has 0 amide bonds. The van der Waals surface area contributed by atoms with Crippen LogP contribution in [0.4, 0.5) is 0 Å². The van der Waals surface area contributed by atoms with Crippen molar-refractivity contribution >= 4 is 19.9 Å². The van der Waals surface area contributed by atoms with E-state index in [9.17, 15) is 14.9 Å². The number of ketones is 2. The summed E-state index contributed by atoms with van der Waals surface area (Å²) in [5.41, 5.74) is -0.755. The second-order valence-electron chi connectivity index (χ2n) is 8.71. The number of carbonyl (C=O) groups excluding carboxylic acids is 2. The summed E-state index contributed by atoms with van der Waals surface area (Å²) in [4.78, 5) is 24.6. The number of carbonyl (C=O) groups is 2. The molecule has 4 nitrogen and oxygen atoms in total. The third kappa shape index (κ3) is 4.19. The Balaban J connectivity index is 3.28. The largest absolute Gasteiger partial charge is 0.413 e. The highest BCUT2D eigenvalue weighted by Crippen LogP contribution is 2.48. The van der Waals surface area contributed by atoms with Gasteiger partial charge in [0.15, 0.2) is 19.9 Å². The first-order chi connectivity index (χ1) is 11.3. The van der Waals surface area contributed by atoms with Gasteiger partial charge in [0.25, 0.3) is 0 Å². The van der Waals surface area contributed by atoms with Crippen LogP contribution in [0.15, 0.2) is 25.3 Å². The second kappa shape index (κ2) is 7.39. The van der Waals surface area contributed by atoms with Gasteiger partial charge in [-0.1, -0.05) is 40.3 Å². The van der Waals surface area contributed by atoms with E-state index in [1.807, 2.05) is 6.92 Å². The summed E-state index contributed by atoms with van der Waals surface area (Å²) in [7, 11) is -2.11. The average molecular weight is 362 g/mol. The van der Waals surface area contributed by atoms with Crippen LogP contribution < -0.4 is 0 Å². The maximum atomic E-state index is 12.8. The van der Waals surface area contributed by atoms with Crippen LogP contribution in [-0.4, -0.2) is 26.0 Å². The summed E-state index contributed by atoms with van der Waals surface area (Å²) >= 11 is 0. The van der Waals surface area contributed by atoms with Crippen molar-refractivity contribution in [3.63, 3.8) is 0 Å². The zero-order chi connectivity index (χ0) is 19.6. The van der Waals surface area contributed by atoms with E-state index in [0.29, 0.717) is 6.42 Å². The summed E-state index contributed by atoms with van der Waals surface area (Å²) in [6.07, 6.45) is 3.13. The molecule has 1 unspecified atom stereocenters. The van der Waals surface area contributed by atoms with Crippen molar-refractivity contribution < 1.29 is 14.0 Å². The van der Waals surface area contributed by atoms with Gasteiger partial charge in [-0.25, -0.2) is 0 Å². The van der Waals surface area contributed by atoms with Crippen LogP contribution in [0.5, 0.6) is 0 Å². The molecule has 0 saturated heterocycles. The predicted octanol–water partition coefficient (Wildman–Crippen LogP) is 4.44. The van der Waals surface area contributed by atoms with Gasteiger partial charge in [-0.15, -0.1) is 6.58 Å². The van der Waals surface area contributed by atoms with E-state index >= 15 is 0 Å². The molecule has 5 heteroatoms. The van der Waals surface area contributed by atoms with Crippen LogP contribution >= 0.6 is 0 Å². The Labute approximate surface area is 153 Å². The average Bonchev–Trinajstić information content (AvgIpc) is 2.51. The molecule has 0 spiro atoms. The van der Waals surface area contributed by atoms with Crippen molar-refractivity contribution in [1.29, 1.82) is 5.26 Å². The lowest BCUT2D eigenvalue weighted by Crippen LogP contribution is -2.55. The molecule has 0 N–H and O–H groups in total. The lowest BCUT2D eigenvalue weighted by Gasteiger charge is -2.49. The summed E-state index contributed by atoms with van der Waals surface area (Å²) in [6, 6.07) is 2.15. The zero-order valence-electron chi connectivity index (χ0n) is 16.4. The molecule has 1 aliphatic carbocycles. The summed E-state index contributed by atoms with van der Waals surface area (Å²) in [6.45, 7) is 20.0. The van der Waals surface area contributed by atoms with Gasteiger partial charge >= 0.3 is 0 Å². The highest BCUT2D eigenvalue weighted by molar-refractivity contribution is 6.74. The van der Waals surface area contributed by atoms with E-state index < -0.39 is 25.6 Å². The highest BCUT2D eigenvalue weighted by atomic mass is 28.4. The number of hydrogen-bond donors (Lipinski definition) is 0. The van der Waals surface area contributed by atoms with E-state index in [1.165, 1.54) is 6.08 Å². The standard InChI is InChI=1S/C20H31NO3Si/c1-9-15(22)11-14-12-17(24-25(7,8)19(3,4)5)20(6,10-2)16(13-21)18(14)23/h9-10,14,16-17H,1-2,11-12H2,3-8H3/t14-,16?,17-,20-/m0/s1. The van der Waals surface area contributed by atoms with E-state index in [0.717, 1.165) is 0 Å². The molecule has 4 atom stereocenters. The van der Waals surface area contributed by atoms with E-state index in [-0.39, 0.29) is 29.1 Å². The van der Waals surface area contributed by atoms with Crippen LogP contribution in [0.25, 0.3) is 0 Å². The van der Waals surface area contributed by atoms with Gasteiger partial charge in [0.1, 0.15) is 5.92 Å². The minimum atomic E-state index is -2.11. The first-order valence-corrected chi connectivity index (χ1v) is 11.6. The fourth-order valence-corrected chi connectivity index (χ4v) is 4.44. The Morgan fingerprint density at radius 3 is 2.40 bits per heavy atom. The number of nitriles is 1. The molecular formula is C20H31NO3Si. The van der Waals surface area contributed by atoms with Gasteiger partial charge in [0, 0.05) is 17.8 Å². The molecule has 1 saturated carbocycles. The van der Waals surface area contributed by atoms with Gasteiger partial charge in [0.2, 0.25) is 0 Å². The summed E-state index contributed by atoms with van der Waals surface area (Å²) < 4.78 is 6.60. The smallest absolute Gasteiger partial charge is 0.192 e. The van der Waals surface area contributed by atoms with Crippen molar-refractivity contribution in [3.05, 3.63) is 25.3 Å². The quantitative estimate of drug-likeness (QED) is 0.398. The van der Waals surface area contributed by atoms with Crippen LogP contribution in [0.1, 0.15) is 40.5 Å². The van der Waals surface area contributed by atoms with Crippen LogP contribution in [0.3, 0.4) is 0 Å². The van der Waals surface area contributed by atoms with Crippen molar-refractivity contribution in [2.75, 3.05) is 0 Å². The second-order valence-corrected chi connectivity index (χ2v) is 13.5. The fourth-order valence-electron chi connectivity index (χ4n) is 3.03. The molecular weight excluding hydrogens is 330 g/mol. The van der Waals surface area contributed by atoms with E-state index in [1.54, 1.807) is 6.08 Å². The van der Waals surface area contributed by atoms with Crippen molar-refractivity contribution in [2.45, 2.75) is 64.8 Å². The van der Waals surface area contributed by atoms with Gasteiger partial charge in [-0.3, -0.25) is 9.59 Å². The molecule has 1 fully saturated rings. The molecule has 0 aromatic carbocycles. The Hall–Kier alpha value is -1.51. The number of hydrogen-bond acceptors (Lipinski definition) is 4. The lowest BCUT2D eigenvalue weighted by molar-refractivity contribution is -0.139. The minimum Gasteiger partial charge on any atom is -0.413 e. The first-order valence-electron chi connectivity index (χ1n) is 8.74. The van der Waals surface area contributed by atoms with E-state index in [4.69, 9.17) is 4.43 Å². The lowest BCUT2D eigenvalue weighted by atomic mass is 9.61. The molecule has 1 rings (SSSR count). The van der Waals surface area contributed by atoms with Crippen LogP contribution in [0, 0.1) is 28.6 Å². The van der Waals surface area contributed by atoms with Crippen molar-refractivity contribution in [1.82, 2.24) is 0 Å². The molecule has 0 aliphatic heterocycles. The molecule has 0 aromatic heterocycles. The number of rotatable bonds is 6. The van der Waals surface area contributed by atoms with Crippen LogP contribution in [-0.2, 0) is 14.0 Å². The third-order valence-corrected chi connectivity index (χ3v) is 10.5. The van der Waals surface area contributed by atoms with Gasteiger partial charge < -0.3 is 4.43 Å². The van der Waals surface area contributed by atoms with Gasteiger partial charge in [-0.05, 0) is 30.6 Å². The zero-order valence-corrected chi connectivity index (χ0v) is 17.4. The highest BCUT2D eigenvalue weighted by Gasteiger charge is 2.54. The maximum absolute atomic E-state index is 12.8. The first kappa shape index (κ1) is 21.5. The topological polar surface area (TPSA) is 67.2 Å².